The smallest absolute Gasteiger partial charge is 0.233 e. The van der Waals surface area contributed by atoms with E-state index in [1.807, 2.05) is 39.8 Å². The van der Waals surface area contributed by atoms with Crippen molar-refractivity contribution >= 4 is 17.7 Å². The van der Waals surface area contributed by atoms with E-state index in [1.165, 1.54) is 17.3 Å². The number of ether oxygens (including phenoxy) is 1. The van der Waals surface area contributed by atoms with Gasteiger partial charge in [0.15, 0.2) is 5.16 Å². The Hall–Kier alpha value is -2.80. The van der Waals surface area contributed by atoms with Crippen LogP contribution in [0, 0.1) is 0 Å². The summed E-state index contributed by atoms with van der Waals surface area (Å²) in [6.07, 6.45) is 4.71. The molecule has 1 atom stereocenters. The summed E-state index contributed by atoms with van der Waals surface area (Å²) < 4.78 is 7.10. The van der Waals surface area contributed by atoms with Crippen molar-refractivity contribution < 1.29 is 9.53 Å². The van der Waals surface area contributed by atoms with Gasteiger partial charge < -0.3 is 9.64 Å². The van der Waals surface area contributed by atoms with Crippen LogP contribution < -0.4 is 4.74 Å². The van der Waals surface area contributed by atoms with E-state index in [2.05, 4.69) is 34.5 Å². The highest BCUT2D eigenvalue weighted by Gasteiger charge is 2.28. The van der Waals surface area contributed by atoms with E-state index in [0.29, 0.717) is 10.9 Å². The number of rotatable bonds is 7. The van der Waals surface area contributed by atoms with Crippen LogP contribution in [0.2, 0.25) is 0 Å². The fraction of sp³-hybridized carbons (Fsp3) is 0.318. The molecule has 1 aromatic heterocycles. The maximum atomic E-state index is 12.9. The van der Waals surface area contributed by atoms with Crippen molar-refractivity contribution in [2.75, 3.05) is 19.4 Å². The summed E-state index contributed by atoms with van der Waals surface area (Å²) >= 11 is 1.43. The van der Waals surface area contributed by atoms with Gasteiger partial charge in [-0.3, -0.25) is 9.36 Å². The Labute approximate surface area is 174 Å². The van der Waals surface area contributed by atoms with E-state index in [0.717, 1.165) is 37.2 Å². The second-order valence-electron chi connectivity index (χ2n) is 7.04. The predicted octanol–water partition coefficient (Wildman–Crippen LogP) is 3.60. The summed E-state index contributed by atoms with van der Waals surface area (Å²) in [6, 6.07) is 18.4. The molecule has 1 amide bonds. The van der Waals surface area contributed by atoms with Crippen LogP contribution in [0.1, 0.15) is 18.4 Å². The van der Waals surface area contributed by atoms with Gasteiger partial charge in [-0.25, -0.2) is 0 Å². The monoisotopic (exact) mass is 408 g/mol. The van der Waals surface area contributed by atoms with Crippen LogP contribution in [-0.2, 0) is 11.2 Å². The van der Waals surface area contributed by atoms with Gasteiger partial charge in [0, 0.05) is 18.3 Å². The van der Waals surface area contributed by atoms with Gasteiger partial charge in [-0.2, -0.15) is 0 Å². The molecule has 0 N–H and O–H groups in total. The van der Waals surface area contributed by atoms with Gasteiger partial charge in [0.2, 0.25) is 5.91 Å². The summed E-state index contributed by atoms with van der Waals surface area (Å²) in [7, 11) is 1.64. The molecular formula is C22H24N4O2S. The molecule has 0 spiro atoms. The number of likely N-dealkylation sites (tertiary alicyclic amines) is 1. The molecular weight excluding hydrogens is 384 g/mol. The van der Waals surface area contributed by atoms with Crippen LogP contribution in [-0.4, -0.2) is 51.0 Å². The lowest BCUT2D eigenvalue weighted by molar-refractivity contribution is -0.129. The molecule has 2 aromatic carbocycles. The van der Waals surface area contributed by atoms with E-state index in [1.54, 1.807) is 13.4 Å². The number of thioether (sulfide) groups is 1. The van der Waals surface area contributed by atoms with E-state index >= 15 is 0 Å². The van der Waals surface area contributed by atoms with E-state index in [9.17, 15) is 4.79 Å². The maximum Gasteiger partial charge on any atom is 0.233 e. The van der Waals surface area contributed by atoms with Gasteiger partial charge in [-0.15, -0.1) is 10.2 Å². The zero-order chi connectivity index (χ0) is 20.1. The molecule has 2 heterocycles. The Kier molecular flexibility index (Phi) is 6.14. The van der Waals surface area contributed by atoms with Crippen LogP contribution in [0.15, 0.2) is 66.1 Å². The number of nitrogens with zero attached hydrogens (tertiary/aromatic N) is 4. The molecule has 7 heteroatoms. The number of hydrogen-bond donors (Lipinski definition) is 0. The first-order valence-electron chi connectivity index (χ1n) is 9.75. The molecule has 1 aliphatic heterocycles. The molecule has 3 aromatic rings. The Balaban J connectivity index is 1.39. The van der Waals surface area contributed by atoms with Crippen molar-refractivity contribution in [1.29, 1.82) is 0 Å². The minimum Gasteiger partial charge on any atom is -0.497 e. The Morgan fingerprint density at radius 2 is 1.97 bits per heavy atom. The van der Waals surface area contributed by atoms with Gasteiger partial charge in [-0.1, -0.05) is 42.1 Å². The molecule has 29 heavy (non-hydrogen) atoms. The first-order chi connectivity index (χ1) is 14.2. The minimum atomic E-state index is 0.165. The number of amides is 1. The van der Waals surface area contributed by atoms with Gasteiger partial charge in [0.05, 0.1) is 12.9 Å². The van der Waals surface area contributed by atoms with Crippen molar-refractivity contribution in [2.24, 2.45) is 0 Å². The molecule has 0 saturated carbocycles. The van der Waals surface area contributed by atoms with Crippen molar-refractivity contribution in [3.63, 3.8) is 0 Å². The third kappa shape index (κ3) is 4.62. The zero-order valence-electron chi connectivity index (χ0n) is 16.4. The summed E-state index contributed by atoms with van der Waals surface area (Å²) in [5, 5.41) is 8.93. The average Bonchev–Trinajstić information content (AvgIpc) is 3.42. The maximum absolute atomic E-state index is 12.9. The molecule has 1 saturated heterocycles. The topological polar surface area (TPSA) is 60.2 Å². The average molecular weight is 409 g/mol. The van der Waals surface area contributed by atoms with Crippen molar-refractivity contribution in [3.8, 4) is 11.4 Å². The lowest BCUT2D eigenvalue weighted by Gasteiger charge is -2.24. The number of carbonyl (C=O) groups excluding carboxylic acids is 1. The van der Waals surface area contributed by atoms with Crippen LogP contribution in [0.25, 0.3) is 5.69 Å². The highest BCUT2D eigenvalue weighted by Crippen LogP contribution is 2.25. The number of carbonyl (C=O) groups is 1. The van der Waals surface area contributed by atoms with Crippen LogP contribution in [0.3, 0.4) is 0 Å². The largest absolute Gasteiger partial charge is 0.497 e. The van der Waals surface area contributed by atoms with Crippen molar-refractivity contribution in [3.05, 3.63) is 66.5 Å². The third-order valence-corrected chi connectivity index (χ3v) is 6.13. The van der Waals surface area contributed by atoms with E-state index in [4.69, 9.17) is 4.74 Å². The Morgan fingerprint density at radius 1 is 1.17 bits per heavy atom. The van der Waals surface area contributed by atoms with Gasteiger partial charge in [-0.05, 0) is 49.1 Å². The van der Waals surface area contributed by atoms with Crippen LogP contribution >= 0.6 is 11.8 Å². The fourth-order valence-corrected chi connectivity index (χ4v) is 4.53. The zero-order valence-corrected chi connectivity index (χ0v) is 17.2. The van der Waals surface area contributed by atoms with Gasteiger partial charge in [0.25, 0.3) is 0 Å². The van der Waals surface area contributed by atoms with Gasteiger partial charge >= 0.3 is 0 Å². The predicted molar refractivity (Wildman–Crippen MR) is 114 cm³/mol. The summed E-state index contributed by atoms with van der Waals surface area (Å²) in [4.78, 5) is 14.9. The lowest BCUT2D eigenvalue weighted by Crippen LogP contribution is -2.38. The minimum absolute atomic E-state index is 0.165. The SMILES string of the molecule is COc1ccc(-n2cnnc2SCC(=O)N2CCCC2Cc2ccccc2)cc1. The van der Waals surface area contributed by atoms with Gasteiger partial charge in [0.1, 0.15) is 12.1 Å². The summed E-state index contributed by atoms with van der Waals surface area (Å²) in [5.74, 6) is 1.32. The Morgan fingerprint density at radius 3 is 2.72 bits per heavy atom. The third-order valence-electron chi connectivity index (χ3n) is 5.20. The summed E-state index contributed by atoms with van der Waals surface area (Å²) in [6.45, 7) is 0.835. The highest BCUT2D eigenvalue weighted by molar-refractivity contribution is 7.99. The second-order valence-corrected chi connectivity index (χ2v) is 7.99. The quantitative estimate of drug-likeness (QED) is 0.559. The standard InChI is InChI=1S/C22H24N4O2S/c1-28-20-11-9-18(10-12-20)26-16-23-24-22(26)29-15-21(27)25-13-5-8-19(25)14-17-6-3-2-4-7-17/h2-4,6-7,9-12,16,19H,5,8,13-15H2,1H3. The summed E-state index contributed by atoms with van der Waals surface area (Å²) in [5.41, 5.74) is 2.22. The number of hydrogen-bond acceptors (Lipinski definition) is 5. The van der Waals surface area contributed by atoms with E-state index < -0.39 is 0 Å². The molecule has 0 bridgehead atoms. The van der Waals surface area contributed by atoms with E-state index in [-0.39, 0.29) is 11.9 Å². The molecule has 1 unspecified atom stereocenters. The molecule has 1 aliphatic rings. The second kappa shape index (κ2) is 9.13. The van der Waals surface area contributed by atoms with Crippen LogP contribution in [0.5, 0.6) is 5.75 Å². The number of methoxy groups -OCH3 is 1. The molecule has 6 nitrogen and oxygen atoms in total. The first kappa shape index (κ1) is 19.5. The normalized spacial score (nSPS) is 16.2. The molecule has 4 rings (SSSR count). The number of aromatic nitrogens is 3. The number of benzene rings is 2. The molecule has 1 fully saturated rings. The fourth-order valence-electron chi connectivity index (χ4n) is 3.71. The first-order valence-corrected chi connectivity index (χ1v) is 10.7. The van der Waals surface area contributed by atoms with Crippen molar-refractivity contribution in [1.82, 2.24) is 19.7 Å². The lowest BCUT2D eigenvalue weighted by atomic mass is 10.0. The van der Waals surface area contributed by atoms with Crippen LogP contribution in [0.4, 0.5) is 0 Å². The molecule has 150 valence electrons. The highest BCUT2D eigenvalue weighted by atomic mass is 32.2. The molecule has 0 aliphatic carbocycles. The Bertz CT molecular complexity index is 943. The van der Waals surface area contributed by atoms with Crippen molar-refractivity contribution in [2.45, 2.75) is 30.5 Å². The molecule has 0 radical (unpaired) electrons.